The van der Waals surface area contributed by atoms with Crippen molar-refractivity contribution in [3.8, 4) is 5.75 Å². The molecule has 2 aliphatic rings. The third kappa shape index (κ3) is 19.5. The van der Waals surface area contributed by atoms with E-state index in [-0.39, 0.29) is 94.4 Å². The summed E-state index contributed by atoms with van der Waals surface area (Å²) in [6, 6.07) is 2.22. The SMILES string of the molecule is CC(C)C[C@H](NC(=O)C(C)(C)NC(=O)[C@H](Cc1ccc(O)cc1)NC(=O)[C@H](CO)NC(=O)[C@H](Cc1c[nH]c2ccccc12)NC(=O)[C@H](Cc1c[nH]cn1)NC(=O)C1CCC(=O)N1)C(=O)N[C@@H](CCCNC(=N)N)C(=O)N1CCC[C@H]1C(=O)NCC(N)=O. The number of nitrogens with two attached hydrogens (primary N) is 2. The van der Waals surface area contributed by atoms with E-state index in [0.29, 0.717) is 34.1 Å². The van der Waals surface area contributed by atoms with Crippen molar-refractivity contribution in [2.75, 3.05) is 26.2 Å². The van der Waals surface area contributed by atoms with E-state index < -0.39 is 126 Å². The maximum Gasteiger partial charge on any atom is 0.245 e. The Balaban J connectivity index is 1.19. The minimum absolute atomic E-state index is 0.0105. The van der Waals surface area contributed by atoms with Gasteiger partial charge in [-0.1, -0.05) is 44.2 Å². The van der Waals surface area contributed by atoms with Gasteiger partial charge in [0.1, 0.15) is 59.6 Å². The molecule has 19 N–H and O–H groups in total. The number of carbonyl (C=O) groups excluding carboxylic acids is 11. The lowest BCUT2D eigenvalue weighted by Gasteiger charge is -2.32. The molecular weight excluding hydrogens is 1130 g/mol. The fourth-order valence-corrected chi connectivity index (χ4v) is 10.1. The number of phenols is 1. The summed E-state index contributed by atoms with van der Waals surface area (Å²) in [6.45, 7) is 5.08. The van der Waals surface area contributed by atoms with Gasteiger partial charge in [-0.05, 0) is 87.6 Å². The molecule has 2 saturated heterocycles. The van der Waals surface area contributed by atoms with Crippen LogP contribution < -0.4 is 64.6 Å². The number of aromatic hydroxyl groups is 1. The van der Waals surface area contributed by atoms with Crippen LogP contribution in [0.15, 0.2) is 67.3 Å². The lowest BCUT2D eigenvalue weighted by molar-refractivity contribution is -0.142. The van der Waals surface area contributed by atoms with Gasteiger partial charge in [0.25, 0.3) is 0 Å². The maximum absolute atomic E-state index is 14.5. The molecule has 2 aromatic heterocycles. The molecule has 2 fully saturated rings. The van der Waals surface area contributed by atoms with E-state index in [1.165, 1.54) is 55.5 Å². The van der Waals surface area contributed by atoms with Crippen LogP contribution in [-0.4, -0.2) is 181 Å². The number of H-pyrrole nitrogens is 2. The largest absolute Gasteiger partial charge is 0.508 e. The van der Waals surface area contributed by atoms with E-state index >= 15 is 0 Å². The summed E-state index contributed by atoms with van der Waals surface area (Å²) >= 11 is 0. The van der Waals surface area contributed by atoms with Crippen molar-refractivity contribution < 1.29 is 63.0 Å². The minimum atomic E-state index is -1.85. The summed E-state index contributed by atoms with van der Waals surface area (Å²) in [5, 5.41) is 55.1. The van der Waals surface area contributed by atoms with E-state index in [2.05, 4.69) is 68.1 Å². The van der Waals surface area contributed by atoms with Crippen LogP contribution >= 0.6 is 0 Å². The molecule has 0 saturated carbocycles. The molecule has 0 aliphatic carbocycles. The van der Waals surface area contributed by atoms with Crippen molar-refractivity contribution in [2.45, 2.75) is 146 Å². The number of nitrogens with zero attached hydrogens (tertiary/aromatic N) is 2. The summed E-state index contributed by atoms with van der Waals surface area (Å²) in [5.41, 5.74) is 10.9. The molecule has 1 unspecified atom stereocenters. The molecule has 470 valence electrons. The third-order valence-electron chi connectivity index (χ3n) is 14.7. The number of hydrogen-bond donors (Lipinski definition) is 17. The second kappa shape index (κ2) is 31.0. The number of amides is 11. The summed E-state index contributed by atoms with van der Waals surface area (Å²) in [4.78, 5) is 162. The standard InChI is InChI=1S/C57H79N17O13/c1-30(2)21-39(48(80)67-38(11-7-19-62-56(59)60)54(86)74-20-8-12-44(74)53(85)64-27-45(58)77)72-55(87)57(3,4)73-52(84)40(22-31-13-15-34(76)16-14-31)68-51(83)43(28-75)71-49(81)41(23-32-25-63-36-10-6-5-9-35(32)36)69-50(82)42(24-33-26-61-29-65-33)70-47(79)37-17-18-46(78)66-37/h5-6,9-10,13-16,25-26,29-30,37-44,63,75-76H,7-8,11-12,17-24,27-28H2,1-4H3,(H2,58,77)(H,61,65)(H,64,85)(H,66,78)(H,67,80)(H,68,83)(H,69,82)(H,70,79)(H,71,81)(H,72,87)(H,73,84)(H4,59,60,62)/t37?,38-,39-,40-,41-,42-,43-,44-/m0/s1. The average Bonchev–Trinajstić information content (AvgIpc) is 3.11. The number of para-hydroxylation sites is 1. The van der Waals surface area contributed by atoms with Gasteiger partial charge in [0.15, 0.2) is 5.96 Å². The zero-order valence-corrected chi connectivity index (χ0v) is 48.9. The highest BCUT2D eigenvalue weighted by atomic mass is 16.3. The topological polar surface area (TPSA) is 472 Å². The monoisotopic (exact) mass is 1210 g/mol. The summed E-state index contributed by atoms with van der Waals surface area (Å²) in [7, 11) is 0. The second-order valence-electron chi connectivity index (χ2n) is 22.5. The van der Waals surface area contributed by atoms with Crippen molar-refractivity contribution in [1.29, 1.82) is 5.41 Å². The van der Waals surface area contributed by atoms with Gasteiger partial charge in [-0.3, -0.25) is 58.1 Å². The number of carbonyl (C=O) groups is 11. The van der Waals surface area contributed by atoms with E-state index in [9.17, 15) is 63.0 Å². The first-order valence-electron chi connectivity index (χ1n) is 28.6. The van der Waals surface area contributed by atoms with Gasteiger partial charge in [-0.15, -0.1) is 0 Å². The normalized spacial score (nSPS) is 16.9. The molecule has 0 spiro atoms. The number of aliphatic hydroxyl groups is 1. The van der Waals surface area contributed by atoms with Crippen LogP contribution in [0.4, 0.5) is 0 Å². The average molecular weight is 1210 g/mol. The molecule has 8 atom stereocenters. The van der Waals surface area contributed by atoms with Crippen LogP contribution in [0.1, 0.15) is 89.5 Å². The van der Waals surface area contributed by atoms with Crippen LogP contribution in [0, 0.1) is 11.3 Å². The number of hydrogen-bond acceptors (Lipinski definition) is 15. The molecule has 0 bridgehead atoms. The summed E-state index contributed by atoms with van der Waals surface area (Å²) < 4.78 is 0. The van der Waals surface area contributed by atoms with Crippen molar-refractivity contribution in [3.05, 3.63) is 84.1 Å². The predicted octanol–water partition coefficient (Wildman–Crippen LogP) is -3.40. The van der Waals surface area contributed by atoms with E-state index in [1.807, 2.05) is 0 Å². The number of benzene rings is 2. The first kappa shape index (κ1) is 66.5. The number of likely N-dealkylation sites (tertiary alicyclic amines) is 1. The highest BCUT2D eigenvalue weighted by Crippen LogP contribution is 2.22. The number of aromatic amines is 2. The first-order valence-corrected chi connectivity index (χ1v) is 28.6. The molecule has 87 heavy (non-hydrogen) atoms. The number of phenolic OH excluding ortho intramolecular Hbond substituents is 1. The molecule has 4 aromatic rings. The number of imidazole rings is 1. The molecule has 30 nitrogen and oxygen atoms in total. The lowest BCUT2D eigenvalue weighted by atomic mass is 9.98. The number of guanidine groups is 1. The maximum atomic E-state index is 14.5. The number of primary amides is 1. The third-order valence-corrected chi connectivity index (χ3v) is 14.7. The summed E-state index contributed by atoms with van der Waals surface area (Å²) in [6.07, 6.45) is 5.22. The van der Waals surface area contributed by atoms with Crippen LogP contribution in [0.25, 0.3) is 10.9 Å². The van der Waals surface area contributed by atoms with Crippen molar-refractivity contribution in [2.24, 2.45) is 17.4 Å². The smallest absolute Gasteiger partial charge is 0.245 e. The molecule has 30 heteroatoms. The first-order chi connectivity index (χ1) is 41.3. The minimum Gasteiger partial charge on any atom is -0.508 e. The Morgan fingerprint density at radius 3 is 2.03 bits per heavy atom. The van der Waals surface area contributed by atoms with E-state index in [1.54, 1.807) is 44.3 Å². The molecule has 2 aliphatic heterocycles. The zero-order chi connectivity index (χ0) is 63.5. The Hall–Kier alpha value is -9.61. The van der Waals surface area contributed by atoms with E-state index in [0.717, 1.165) is 0 Å². The van der Waals surface area contributed by atoms with E-state index in [4.69, 9.17) is 16.9 Å². The highest BCUT2D eigenvalue weighted by Gasteiger charge is 2.41. The Morgan fingerprint density at radius 2 is 1.40 bits per heavy atom. The number of aromatic nitrogens is 3. The van der Waals surface area contributed by atoms with Gasteiger partial charge in [0, 0.05) is 62.1 Å². The van der Waals surface area contributed by atoms with Crippen molar-refractivity contribution >= 4 is 81.8 Å². The van der Waals surface area contributed by atoms with Gasteiger partial charge < -0.3 is 89.7 Å². The molecule has 0 radical (unpaired) electrons. The predicted molar refractivity (Wildman–Crippen MR) is 314 cm³/mol. The quantitative estimate of drug-likeness (QED) is 0.0133. The lowest BCUT2D eigenvalue weighted by Crippen LogP contribution is -2.64. The van der Waals surface area contributed by atoms with Crippen molar-refractivity contribution in [3.63, 3.8) is 0 Å². The molecule has 4 heterocycles. The Morgan fingerprint density at radius 1 is 0.759 bits per heavy atom. The van der Waals surface area contributed by atoms with Crippen LogP contribution in [-0.2, 0) is 72.0 Å². The fraction of sp³-hybridized carbons (Fsp3) is 0.491. The molecule has 6 rings (SSSR count). The van der Waals surface area contributed by atoms with Gasteiger partial charge in [-0.25, -0.2) is 4.98 Å². The van der Waals surface area contributed by atoms with Crippen LogP contribution in [0.3, 0.4) is 0 Å². The van der Waals surface area contributed by atoms with Gasteiger partial charge in [0.2, 0.25) is 65.0 Å². The van der Waals surface area contributed by atoms with Crippen LogP contribution in [0.2, 0.25) is 0 Å². The van der Waals surface area contributed by atoms with Crippen LogP contribution in [0.5, 0.6) is 5.75 Å². The Labute approximate surface area is 500 Å². The number of rotatable bonds is 31. The number of aliphatic hydroxyl groups excluding tert-OH is 1. The molecule has 11 amide bonds. The van der Waals surface area contributed by atoms with Gasteiger partial charge in [-0.2, -0.15) is 0 Å². The Bertz CT molecular complexity index is 3130. The highest BCUT2D eigenvalue weighted by molar-refractivity contribution is 6.00. The van der Waals surface area contributed by atoms with Crippen molar-refractivity contribution in [1.82, 2.24) is 73.0 Å². The zero-order valence-electron chi connectivity index (χ0n) is 48.9. The molecule has 2 aromatic carbocycles. The number of fused-ring (bicyclic) bond motifs is 1. The summed E-state index contributed by atoms with van der Waals surface area (Å²) in [5.74, 6) is -9.10. The van der Waals surface area contributed by atoms with Gasteiger partial charge >= 0.3 is 0 Å². The Kier molecular flexibility index (Phi) is 23.7. The molecular formula is C57H79N17O13. The second-order valence-corrected chi connectivity index (χ2v) is 22.5. The number of nitrogens with one attached hydrogen (secondary N) is 13. The van der Waals surface area contributed by atoms with Gasteiger partial charge in [0.05, 0.1) is 25.2 Å². The fourth-order valence-electron chi connectivity index (χ4n) is 10.1.